The van der Waals surface area contributed by atoms with Crippen molar-refractivity contribution in [3.05, 3.63) is 78.2 Å². The number of hydrogen-bond acceptors (Lipinski definition) is 5. The van der Waals surface area contributed by atoms with Gasteiger partial charge in [-0.2, -0.15) is 0 Å². The second-order valence-electron chi connectivity index (χ2n) is 6.96. The molecule has 0 bridgehead atoms. The summed E-state index contributed by atoms with van der Waals surface area (Å²) in [5.74, 6) is 1.70. The quantitative estimate of drug-likeness (QED) is 0.715. The van der Waals surface area contributed by atoms with Gasteiger partial charge in [0.05, 0.1) is 5.69 Å². The van der Waals surface area contributed by atoms with E-state index in [1.807, 2.05) is 47.4 Å². The molecule has 1 aliphatic rings. The number of nitrogens with one attached hydrogen (secondary N) is 1. The Kier molecular flexibility index (Phi) is 5.56. The summed E-state index contributed by atoms with van der Waals surface area (Å²) in [6, 6.07) is 17.7. The highest BCUT2D eigenvalue weighted by molar-refractivity contribution is 5.76. The Labute approximate surface area is 164 Å². The van der Waals surface area contributed by atoms with E-state index in [2.05, 4.69) is 32.4 Å². The fraction of sp³-hybridized carbons (Fsp3) is 0.273. The van der Waals surface area contributed by atoms with Gasteiger partial charge in [-0.25, -0.2) is 15.0 Å². The topological polar surface area (TPSA) is 71.0 Å². The van der Waals surface area contributed by atoms with Gasteiger partial charge >= 0.3 is 0 Å². The van der Waals surface area contributed by atoms with Gasteiger partial charge < -0.3 is 10.2 Å². The maximum atomic E-state index is 12.6. The fourth-order valence-electron chi connectivity index (χ4n) is 3.49. The lowest BCUT2D eigenvalue weighted by Crippen LogP contribution is -2.28. The van der Waals surface area contributed by atoms with Gasteiger partial charge in [0.2, 0.25) is 11.9 Å². The summed E-state index contributed by atoms with van der Waals surface area (Å²) >= 11 is 0. The Balaban J connectivity index is 1.34. The summed E-state index contributed by atoms with van der Waals surface area (Å²) in [6.45, 7) is 1.50. The molecule has 1 aromatic carbocycles. The highest BCUT2D eigenvalue weighted by Crippen LogP contribution is 2.27. The van der Waals surface area contributed by atoms with Gasteiger partial charge in [0, 0.05) is 37.8 Å². The molecule has 0 radical (unpaired) electrons. The van der Waals surface area contributed by atoms with Gasteiger partial charge in [0.15, 0.2) is 0 Å². The van der Waals surface area contributed by atoms with Crippen LogP contribution in [0.25, 0.3) is 0 Å². The normalized spacial score (nSPS) is 16.1. The van der Waals surface area contributed by atoms with E-state index in [0.717, 1.165) is 25.1 Å². The molecule has 0 aliphatic carbocycles. The summed E-state index contributed by atoms with van der Waals surface area (Å²) in [5, 5.41) is 3.13. The minimum Gasteiger partial charge on any atom is -0.342 e. The van der Waals surface area contributed by atoms with Crippen LogP contribution in [-0.2, 0) is 11.2 Å². The molecular weight excluding hydrogens is 350 g/mol. The Morgan fingerprint density at radius 1 is 1.04 bits per heavy atom. The van der Waals surface area contributed by atoms with Gasteiger partial charge in [-0.15, -0.1) is 0 Å². The maximum Gasteiger partial charge on any atom is 0.228 e. The van der Waals surface area contributed by atoms with Crippen molar-refractivity contribution in [3.8, 4) is 0 Å². The number of aromatic nitrogens is 3. The average molecular weight is 373 g/mol. The van der Waals surface area contributed by atoms with Gasteiger partial charge in [-0.1, -0.05) is 36.4 Å². The van der Waals surface area contributed by atoms with Crippen LogP contribution >= 0.6 is 0 Å². The van der Waals surface area contributed by atoms with Gasteiger partial charge in [-0.3, -0.25) is 4.79 Å². The summed E-state index contributed by atoms with van der Waals surface area (Å²) in [5.41, 5.74) is 2.17. The molecule has 1 atom stereocenters. The number of carbonyl (C=O) groups excluding carboxylic acids is 1. The lowest BCUT2D eigenvalue weighted by Gasteiger charge is -2.16. The number of carbonyl (C=O) groups is 1. The number of nitrogens with zero attached hydrogens (tertiary/aromatic N) is 4. The average Bonchev–Trinajstić information content (AvgIpc) is 3.24. The highest BCUT2D eigenvalue weighted by Gasteiger charge is 2.28. The van der Waals surface area contributed by atoms with Crippen molar-refractivity contribution >= 4 is 17.7 Å². The Bertz CT molecular complexity index is 916. The molecule has 0 spiro atoms. The lowest BCUT2D eigenvalue weighted by molar-refractivity contribution is -0.130. The number of benzene rings is 1. The van der Waals surface area contributed by atoms with Crippen LogP contribution in [0.4, 0.5) is 11.8 Å². The van der Waals surface area contributed by atoms with Crippen LogP contribution in [0.5, 0.6) is 0 Å². The minimum absolute atomic E-state index is 0.215. The van der Waals surface area contributed by atoms with E-state index < -0.39 is 0 Å². The highest BCUT2D eigenvalue weighted by atomic mass is 16.2. The second kappa shape index (κ2) is 8.61. The number of likely N-dealkylation sites (tertiary alicyclic amines) is 1. The summed E-state index contributed by atoms with van der Waals surface area (Å²) in [6.07, 6.45) is 5.74. The molecule has 3 aromatic rings. The first kappa shape index (κ1) is 18.1. The van der Waals surface area contributed by atoms with Crippen molar-refractivity contribution in [1.82, 2.24) is 19.9 Å². The van der Waals surface area contributed by atoms with Crippen LogP contribution in [0.15, 0.2) is 67.0 Å². The smallest absolute Gasteiger partial charge is 0.228 e. The Hall–Kier alpha value is -3.28. The second-order valence-corrected chi connectivity index (χ2v) is 6.96. The summed E-state index contributed by atoms with van der Waals surface area (Å²) in [7, 11) is 0. The van der Waals surface area contributed by atoms with Crippen molar-refractivity contribution in [2.45, 2.75) is 25.2 Å². The zero-order valence-corrected chi connectivity index (χ0v) is 15.7. The van der Waals surface area contributed by atoms with E-state index >= 15 is 0 Å². The standard InChI is InChI=1S/C22H23N5O/c28-21(10-9-17-6-2-1-3-7-17)27-15-12-18(16-27)19-11-14-24-22(25-19)26-20-8-4-5-13-23-20/h1-8,11,13-14,18H,9-10,12,15-16H2,(H,23,24,25,26)/t18-/m0/s1. The van der Waals surface area contributed by atoms with Gasteiger partial charge in [0.25, 0.3) is 0 Å². The monoisotopic (exact) mass is 373 g/mol. The van der Waals surface area contributed by atoms with Gasteiger partial charge in [-0.05, 0) is 36.6 Å². The molecule has 0 saturated carbocycles. The number of aryl methyl sites for hydroxylation is 1. The van der Waals surface area contributed by atoms with E-state index in [9.17, 15) is 4.79 Å². The molecular formula is C22H23N5O. The number of amides is 1. The van der Waals surface area contributed by atoms with Crippen molar-refractivity contribution in [2.75, 3.05) is 18.4 Å². The van der Waals surface area contributed by atoms with E-state index in [1.165, 1.54) is 5.56 Å². The van der Waals surface area contributed by atoms with Crippen molar-refractivity contribution in [2.24, 2.45) is 0 Å². The first-order chi connectivity index (χ1) is 13.8. The molecule has 6 nitrogen and oxygen atoms in total. The molecule has 4 rings (SSSR count). The zero-order valence-electron chi connectivity index (χ0n) is 15.7. The van der Waals surface area contributed by atoms with Crippen LogP contribution in [0.2, 0.25) is 0 Å². The third-order valence-corrected chi connectivity index (χ3v) is 5.01. The molecule has 6 heteroatoms. The molecule has 0 unspecified atom stereocenters. The van der Waals surface area contributed by atoms with Crippen molar-refractivity contribution in [3.63, 3.8) is 0 Å². The third kappa shape index (κ3) is 4.52. The minimum atomic E-state index is 0.215. The van der Waals surface area contributed by atoms with Crippen molar-refractivity contribution in [1.29, 1.82) is 0 Å². The first-order valence-electron chi connectivity index (χ1n) is 9.60. The van der Waals surface area contributed by atoms with E-state index in [-0.39, 0.29) is 11.8 Å². The molecule has 1 saturated heterocycles. The number of pyridine rings is 1. The maximum absolute atomic E-state index is 12.6. The molecule has 2 aromatic heterocycles. The van der Waals surface area contributed by atoms with E-state index in [0.29, 0.717) is 24.7 Å². The Morgan fingerprint density at radius 3 is 2.71 bits per heavy atom. The first-order valence-corrected chi connectivity index (χ1v) is 9.60. The van der Waals surface area contributed by atoms with Crippen LogP contribution in [-0.4, -0.2) is 38.8 Å². The number of hydrogen-bond donors (Lipinski definition) is 1. The van der Waals surface area contributed by atoms with Crippen LogP contribution in [0.1, 0.15) is 30.0 Å². The predicted octanol–water partition coefficient (Wildman–Crippen LogP) is 3.56. The largest absolute Gasteiger partial charge is 0.342 e. The summed E-state index contributed by atoms with van der Waals surface area (Å²) < 4.78 is 0. The molecule has 1 N–H and O–H groups in total. The molecule has 1 fully saturated rings. The van der Waals surface area contributed by atoms with Gasteiger partial charge in [0.1, 0.15) is 5.82 Å². The third-order valence-electron chi connectivity index (χ3n) is 5.01. The van der Waals surface area contributed by atoms with E-state index in [4.69, 9.17) is 0 Å². The van der Waals surface area contributed by atoms with E-state index in [1.54, 1.807) is 12.4 Å². The van der Waals surface area contributed by atoms with Crippen LogP contribution in [0, 0.1) is 0 Å². The molecule has 1 amide bonds. The zero-order chi connectivity index (χ0) is 19.2. The molecule has 28 heavy (non-hydrogen) atoms. The van der Waals surface area contributed by atoms with Crippen LogP contribution < -0.4 is 5.32 Å². The Morgan fingerprint density at radius 2 is 1.89 bits per heavy atom. The number of rotatable bonds is 6. The molecule has 3 heterocycles. The van der Waals surface area contributed by atoms with Crippen LogP contribution in [0.3, 0.4) is 0 Å². The lowest BCUT2D eigenvalue weighted by atomic mass is 10.1. The fourth-order valence-corrected chi connectivity index (χ4v) is 3.49. The van der Waals surface area contributed by atoms with Crippen molar-refractivity contribution < 1.29 is 4.79 Å². The SMILES string of the molecule is O=C(CCc1ccccc1)N1CC[C@H](c2ccnc(Nc3ccccn3)n2)C1. The predicted molar refractivity (Wildman–Crippen MR) is 108 cm³/mol. The molecule has 1 aliphatic heterocycles. The summed E-state index contributed by atoms with van der Waals surface area (Å²) in [4.78, 5) is 27.7. The molecule has 142 valence electrons. The number of anilines is 2.